The molecule has 0 amide bonds. The molecule has 0 heterocycles. The highest BCUT2D eigenvalue weighted by Crippen LogP contribution is 2.37. The second kappa shape index (κ2) is 6.06. The van der Waals surface area contributed by atoms with Gasteiger partial charge in [-0.25, -0.2) is 0 Å². The minimum absolute atomic E-state index is 0.0314. The van der Waals surface area contributed by atoms with Crippen LogP contribution in [0.5, 0.6) is 0 Å². The number of ether oxygens (including phenoxy) is 1. The number of halogens is 3. The maximum absolute atomic E-state index is 12.7. The van der Waals surface area contributed by atoms with Crippen LogP contribution in [0.1, 0.15) is 38.2 Å². The first kappa shape index (κ1) is 16.5. The number of nitrogens with one attached hydrogen (secondary N) is 1. The summed E-state index contributed by atoms with van der Waals surface area (Å²) in [5.74, 6) is -0.381. The van der Waals surface area contributed by atoms with Crippen LogP contribution < -0.4 is 11.1 Å². The van der Waals surface area contributed by atoms with Gasteiger partial charge in [-0.2, -0.15) is 13.2 Å². The summed E-state index contributed by atoms with van der Waals surface area (Å²) >= 11 is 0. The summed E-state index contributed by atoms with van der Waals surface area (Å²) in [6, 6.07) is 3.23. The topological polar surface area (TPSA) is 64.3 Å². The SMILES string of the molecule is CC(=O)OCC1(Nc2ccc(C(F)(F)F)cc2N)CCCC1. The Bertz CT molecular complexity index is 552. The summed E-state index contributed by atoms with van der Waals surface area (Å²) in [7, 11) is 0. The van der Waals surface area contributed by atoms with Gasteiger partial charge in [0.2, 0.25) is 0 Å². The first-order chi connectivity index (χ1) is 10.2. The molecule has 3 N–H and O–H groups in total. The fourth-order valence-electron chi connectivity index (χ4n) is 2.74. The highest BCUT2D eigenvalue weighted by Gasteiger charge is 2.36. The third kappa shape index (κ3) is 3.84. The van der Waals surface area contributed by atoms with Crippen LogP contribution in [0.2, 0.25) is 0 Å². The van der Waals surface area contributed by atoms with E-state index in [1.54, 1.807) is 0 Å². The first-order valence-electron chi connectivity index (χ1n) is 7.10. The standard InChI is InChI=1S/C15H19F3N2O2/c1-10(21)22-9-14(6-2-3-7-14)20-13-5-4-11(8-12(13)19)15(16,17)18/h4-5,8,20H,2-3,6-7,9,19H2,1H3. The summed E-state index contributed by atoms with van der Waals surface area (Å²) in [6.45, 7) is 1.51. The van der Waals surface area contributed by atoms with Crippen LogP contribution in [-0.4, -0.2) is 18.1 Å². The second-order valence-electron chi connectivity index (χ2n) is 5.69. The van der Waals surface area contributed by atoms with Crippen molar-refractivity contribution in [3.05, 3.63) is 23.8 Å². The lowest BCUT2D eigenvalue weighted by Gasteiger charge is -2.31. The average molecular weight is 316 g/mol. The van der Waals surface area contributed by atoms with Crippen molar-refractivity contribution in [3.8, 4) is 0 Å². The van der Waals surface area contributed by atoms with Crippen molar-refractivity contribution in [1.82, 2.24) is 0 Å². The van der Waals surface area contributed by atoms with Crippen molar-refractivity contribution in [2.24, 2.45) is 0 Å². The molecule has 0 atom stereocenters. The number of anilines is 2. The van der Waals surface area contributed by atoms with Crippen molar-refractivity contribution < 1.29 is 22.7 Å². The monoisotopic (exact) mass is 316 g/mol. The van der Waals surface area contributed by atoms with Gasteiger partial charge in [-0.3, -0.25) is 4.79 Å². The van der Waals surface area contributed by atoms with E-state index in [1.165, 1.54) is 13.0 Å². The fraction of sp³-hybridized carbons (Fsp3) is 0.533. The molecule has 22 heavy (non-hydrogen) atoms. The molecule has 1 aliphatic rings. The zero-order valence-electron chi connectivity index (χ0n) is 12.3. The number of benzene rings is 1. The van der Waals surface area contributed by atoms with E-state index < -0.39 is 17.3 Å². The van der Waals surface area contributed by atoms with E-state index in [2.05, 4.69) is 5.32 Å². The number of hydrogen-bond donors (Lipinski definition) is 2. The summed E-state index contributed by atoms with van der Waals surface area (Å²) < 4.78 is 43.1. The molecular weight excluding hydrogens is 297 g/mol. The van der Waals surface area contributed by atoms with Crippen LogP contribution in [0, 0.1) is 0 Å². The molecule has 1 aromatic carbocycles. The Kier molecular flexibility index (Phi) is 4.53. The van der Waals surface area contributed by atoms with Crippen molar-refractivity contribution in [2.75, 3.05) is 17.7 Å². The fourth-order valence-corrected chi connectivity index (χ4v) is 2.74. The van der Waals surface area contributed by atoms with Crippen LogP contribution in [0.3, 0.4) is 0 Å². The molecular formula is C15H19F3N2O2. The minimum atomic E-state index is -4.42. The van der Waals surface area contributed by atoms with Gasteiger partial charge in [0.25, 0.3) is 0 Å². The molecule has 7 heteroatoms. The Morgan fingerprint density at radius 3 is 2.50 bits per heavy atom. The van der Waals surface area contributed by atoms with Crippen LogP contribution in [0.25, 0.3) is 0 Å². The number of hydrogen-bond acceptors (Lipinski definition) is 4. The van der Waals surface area contributed by atoms with Crippen molar-refractivity contribution in [3.63, 3.8) is 0 Å². The Morgan fingerprint density at radius 1 is 1.36 bits per heavy atom. The Morgan fingerprint density at radius 2 is 2.00 bits per heavy atom. The summed E-state index contributed by atoms with van der Waals surface area (Å²) in [4.78, 5) is 11.0. The lowest BCUT2D eigenvalue weighted by Crippen LogP contribution is -2.41. The molecule has 1 aliphatic carbocycles. The molecule has 0 unspecified atom stereocenters. The molecule has 0 saturated heterocycles. The van der Waals surface area contributed by atoms with Gasteiger partial charge in [0.1, 0.15) is 6.61 Å². The third-order valence-corrected chi connectivity index (χ3v) is 3.89. The zero-order valence-corrected chi connectivity index (χ0v) is 12.3. The predicted octanol–water partition coefficient (Wildman–Crippen LogP) is 3.58. The smallest absolute Gasteiger partial charge is 0.416 e. The highest BCUT2D eigenvalue weighted by molar-refractivity contribution is 5.69. The molecule has 1 fully saturated rings. The molecule has 0 aliphatic heterocycles. The van der Waals surface area contributed by atoms with Crippen LogP contribution in [0.15, 0.2) is 18.2 Å². The second-order valence-corrected chi connectivity index (χ2v) is 5.69. The number of rotatable bonds is 4. The van der Waals surface area contributed by atoms with E-state index in [4.69, 9.17) is 10.5 Å². The van der Waals surface area contributed by atoms with Crippen LogP contribution >= 0.6 is 0 Å². The molecule has 0 spiro atoms. The van der Waals surface area contributed by atoms with Gasteiger partial charge in [0, 0.05) is 6.92 Å². The van der Waals surface area contributed by atoms with Crippen LogP contribution in [-0.2, 0) is 15.7 Å². The highest BCUT2D eigenvalue weighted by atomic mass is 19.4. The number of esters is 1. The van der Waals surface area contributed by atoms with Crippen molar-refractivity contribution >= 4 is 17.3 Å². The largest absolute Gasteiger partial charge is 0.463 e. The molecule has 1 saturated carbocycles. The van der Waals surface area contributed by atoms with E-state index in [0.29, 0.717) is 5.69 Å². The predicted molar refractivity (Wildman–Crippen MR) is 77.3 cm³/mol. The van der Waals surface area contributed by atoms with Gasteiger partial charge in [-0.1, -0.05) is 12.8 Å². The van der Waals surface area contributed by atoms with Crippen LogP contribution in [0.4, 0.5) is 24.5 Å². The van der Waals surface area contributed by atoms with Crippen molar-refractivity contribution in [2.45, 2.75) is 44.3 Å². The molecule has 0 radical (unpaired) electrons. The minimum Gasteiger partial charge on any atom is -0.463 e. The van der Waals surface area contributed by atoms with E-state index in [1.807, 2.05) is 0 Å². The third-order valence-electron chi connectivity index (χ3n) is 3.89. The molecule has 1 aromatic rings. The normalized spacial score (nSPS) is 17.3. The van der Waals surface area contributed by atoms with E-state index >= 15 is 0 Å². The van der Waals surface area contributed by atoms with Gasteiger partial charge < -0.3 is 15.8 Å². The number of alkyl halides is 3. The number of carbonyl (C=O) groups is 1. The van der Waals surface area contributed by atoms with Gasteiger partial charge in [-0.05, 0) is 31.0 Å². The Labute approximate surface area is 126 Å². The Hall–Kier alpha value is -1.92. The maximum atomic E-state index is 12.7. The Balaban J connectivity index is 2.18. The van der Waals surface area contributed by atoms with Gasteiger partial charge in [0.15, 0.2) is 0 Å². The quantitative estimate of drug-likeness (QED) is 0.658. The zero-order chi connectivity index (χ0) is 16.4. The van der Waals surface area contributed by atoms with Gasteiger partial charge in [0.05, 0.1) is 22.5 Å². The van der Waals surface area contributed by atoms with E-state index in [-0.39, 0.29) is 18.3 Å². The average Bonchev–Trinajstić information content (AvgIpc) is 2.87. The first-order valence-corrected chi connectivity index (χ1v) is 7.10. The summed E-state index contributed by atoms with van der Waals surface area (Å²) in [5, 5.41) is 3.19. The lowest BCUT2D eigenvalue weighted by molar-refractivity contribution is -0.142. The molecule has 4 nitrogen and oxygen atoms in total. The molecule has 122 valence electrons. The number of nitrogen functional groups attached to an aromatic ring is 1. The number of carbonyl (C=O) groups excluding carboxylic acids is 1. The molecule has 0 bridgehead atoms. The molecule has 2 rings (SSSR count). The van der Waals surface area contributed by atoms with E-state index in [9.17, 15) is 18.0 Å². The summed E-state index contributed by atoms with van der Waals surface area (Å²) in [5.41, 5.74) is 4.96. The van der Waals surface area contributed by atoms with Gasteiger partial charge >= 0.3 is 12.1 Å². The number of nitrogens with two attached hydrogens (primary N) is 1. The maximum Gasteiger partial charge on any atom is 0.416 e. The van der Waals surface area contributed by atoms with Gasteiger partial charge in [-0.15, -0.1) is 0 Å². The lowest BCUT2D eigenvalue weighted by atomic mass is 9.97. The summed E-state index contributed by atoms with van der Waals surface area (Å²) in [6.07, 6.45) is -0.930. The van der Waals surface area contributed by atoms with E-state index in [0.717, 1.165) is 37.8 Å². The molecule has 0 aromatic heterocycles. The van der Waals surface area contributed by atoms with Crippen molar-refractivity contribution in [1.29, 1.82) is 0 Å².